The number of rotatable bonds is 8. The van der Waals surface area contributed by atoms with Crippen molar-refractivity contribution in [3.05, 3.63) is 83.4 Å². The first-order chi connectivity index (χ1) is 18.1. The molecular formula is C27H26F3N5O2S. The molecule has 0 bridgehead atoms. The van der Waals surface area contributed by atoms with Gasteiger partial charge in [-0.15, -0.1) is 13.2 Å². The number of benzene rings is 3. The van der Waals surface area contributed by atoms with Crippen molar-refractivity contribution < 1.29 is 22.6 Å². The normalized spacial score (nSPS) is 16.6. The van der Waals surface area contributed by atoms with Gasteiger partial charge in [0, 0.05) is 28.9 Å². The first kappa shape index (κ1) is 26.9. The van der Waals surface area contributed by atoms with Crippen molar-refractivity contribution in [1.82, 2.24) is 5.32 Å². The first-order valence-electron chi connectivity index (χ1n) is 11.7. The number of amidine groups is 1. The predicted molar refractivity (Wildman–Crippen MR) is 147 cm³/mol. The standard InChI is InChI=1S/C27H26F3N5O2S/c1-16-13-21(36-2)11-12-23(16)34-26(38)35-24-14-22(24)17-3-5-18(6-4-17)25(31)33-15-32-19-7-9-20(10-8-19)37-27(28,29)30/h3-13,15,22,24H,14H2,1-2H3,(H2,31,32,33)(H2,34,35,38). The molecule has 0 aliphatic heterocycles. The Morgan fingerprint density at radius 2 is 1.74 bits per heavy atom. The summed E-state index contributed by atoms with van der Waals surface area (Å²) in [6, 6.07) is 18.8. The van der Waals surface area contributed by atoms with E-state index >= 15 is 0 Å². The zero-order chi connectivity index (χ0) is 27.3. The summed E-state index contributed by atoms with van der Waals surface area (Å²) in [5.74, 6) is 0.850. The highest BCUT2D eigenvalue weighted by atomic mass is 32.1. The van der Waals surface area contributed by atoms with E-state index in [2.05, 4.69) is 25.7 Å². The summed E-state index contributed by atoms with van der Waals surface area (Å²) in [4.78, 5) is 4.06. The number of anilines is 2. The second kappa shape index (κ2) is 11.5. The average Bonchev–Trinajstić information content (AvgIpc) is 3.64. The smallest absolute Gasteiger partial charge is 0.497 e. The Balaban J connectivity index is 1.24. The number of hydrogen-bond acceptors (Lipinski definition) is 4. The van der Waals surface area contributed by atoms with E-state index in [0.29, 0.717) is 22.3 Å². The van der Waals surface area contributed by atoms with E-state index in [1.54, 1.807) is 7.11 Å². The van der Waals surface area contributed by atoms with Gasteiger partial charge in [0.1, 0.15) is 11.5 Å². The van der Waals surface area contributed by atoms with Crippen molar-refractivity contribution in [2.75, 3.05) is 17.7 Å². The molecule has 3 aromatic carbocycles. The van der Waals surface area contributed by atoms with Crippen LogP contribution < -0.4 is 25.4 Å². The molecule has 198 valence electrons. The molecule has 1 aliphatic rings. The molecule has 1 aliphatic carbocycles. The topological polar surface area (TPSA) is 90.8 Å². The number of aryl methyl sites for hydroxylation is 1. The number of halogens is 3. The van der Waals surface area contributed by atoms with Crippen molar-refractivity contribution in [2.45, 2.75) is 31.7 Å². The van der Waals surface area contributed by atoms with Crippen LogP contribution in [0, 0.1) is 12.3 Å². The molecule has 1 fully saturated rings. The first-order valence-corrected chi connectivity index (χ1v) is 12.1. The van der Waals surface area contributed by atoms with Gasteiger partial charge in [-0.05, 0) is 79.2 Å². The van der Waals surface area contributed by atoms with Crippen LogP contribution in [0.15, 0.2) is 71.7 Å². The third kappa shape index (κ3) is 7.45. The van der Waals surface area contributed by atoms with E-state index in [4.69, 9.17) is 22.4 Å². The quantitative estimate of drug-likeness (QED) is 0.154. The number of alkyl halides is 3. The highest BCUT2D eigenvalue weighted by Gasteiger charge is 2.38. The molecular weight excluding hydrogens is 515 g/mol. The van der Waals surface area contributed by atoms with Crippen molar-refractivity contribution in [1.29, 1.82) is 5.41 Å². The molecule has 0 heterocycles. The van der Waals surface area contributed by atoms with Gasteiger partial charge in [0.25, 0.3) is 0 Å². The summed E-state index contributed by atoms with van der Waals surface area (Å²) in [5, 5.41) is 18.2. The van der Waals surface area contributed by atoms with Gasteiger partial charge < -0.3 is 25.4 Å². The fraction of sp³-hybridized carbons (Fsp3) is 0.222. The second-order valence-corrected chi connectivity index (χ2v) is 9.08. The van der Waals surface area contributed by atoms with Crippen LogP contribution >= 0.6 is 12.2 Å². The van der Waals surface area contributed by atoms with E-state index in [0.717, 1.165) is 29.0 Å². The van der Waals surface area contributed by atoms with Crippen LogP contribution in [0.1, 0.15) is 29.0 Å². The van der Waals surface area contributed by atoms with Crippen LogP contribution in [0.2, 0.25) is 0 Å². The number of aliphatic imine (C=N–C) groups is 1. The number of thiocarbonyl (C=S) groups is 1. The Morgan fingerprint density at radius 3 is 2.37 bits per heavy atom. The Hall–Kier alpha value is -4.12. The minimum atomic E-state index is -4.74. The number of nitrogens with zero attached hydrogens (tertiary/aromatic N) is 1. The lowest BCUT2D eigenvalue weighted by Crippen LogP contribution is -2.31. The van der Waals surface area contributed by atoms with Gasteiger partial charge >= 0.3 is 6.36 Å². The van der Waals surface area contributed by atoms with Gasteiger partial charge in [0.05, 0.1) is 13.4 Å². The molecule has 0 amide bonds. The summed E-state index contributed by atoms with van der Waals surface area (Å²) >= 11 is 5.48. The molecule has 4 rings (SSSR count). The fourth-order valence-electron chi connectivity index (χ4n) is 3.84. The number of nitrogens with one attached hydrogen (secondary N) is 4. The molecule has 11 heteroatoms. The van der Waals surface area contributed by atoms with Crippen molar-refractivity contribution in [3.8, 4) is 11.5 Å². The molecule has 2 atom stereocenters. The van der Waals surface area contributed by atoms with E-state index in [9.17, 15) is 13.2 Å². The Kier molecular flexibility index (Phi) is 8.16. The summed E-state index contributed by atoms with van der Waals surface area (Å²) in [5.41, 5.74) is 4.24. The Morgan fingerprint density at radius 1 is 1.05 bits per heavy atom. The van der Waals surface area contributed by atoms with Gasteiger partial charge in [-0.2, -0.15) is 0 Å². The second-order valence-electron chi connectivity index (χ2n) is 8.67. The summed E-state index contributed by atoms with van der Waals surface area (Å²) in [6.07, 6.45) is -2.47. The Labute approximate surface area is 223 Å². The molecule has 0 spiro atoms. The SMILES string of the molecule is COc1ccc(NC(=S)NC2CC2c2ccc(C(=N)/N=C\Nc3ccc(OC(F)(F)F)cc3)cc2)c(C)c1. The van der Waals surface area contributed by atoms with Crippen LogP contribution in [0.25, 0.3) is 0 Å². The van der Waals surface area contributed by atoms with Gasteiger partial charge in [-0.25, -0.2) is 4.99 Å². The van der Waals surface area contributed by atoms with E-state index in [1.807, 2.05) is 49.4 Å². The summed E-state index contributed by atoms with van der Waals surface area (Å²) < 4.78 is 45.8. The van der Waals surface area contributed by atoms with Crippen LogP contribution in [-0.4, -0.2) is 36.8 Å². The zero-order valence-corrected chi connectivity index (χ0v) is 21.4. The molecule has 38 heavy (non-hydrogen) atoms. The predicted octanol–water partition coefficient (Wildman–Crippen LogP) is 6.21. The third-order valence-electron chi connectivity index (χ3n) is 5.91. The van der Waals surface area contributed by atoms with E-state index < -0.39 is 6.36 Å². The van der Waals surface area contributed by atoms with Crippen molar-refractivity contribution >= 4 is 40.9 Å². The van der Waals surface area contributed by atoms with E-state index in [-0.39, 0.29) is 17.6 Å². The maximum atomic E-state index is 12.2. The van der Waals surface area contributed by atoms with Gasteiger partial charge in [0.2, 0.25) is 0 Å². The van der Waals surface area contributed by atoms with Crippen molar-refractivity contribution in [2.24, 2.45) is 4.99 Å². The lowest BCUT2D eigenvalue weighted by molar-refractivity contribution is -0.274. The third-order valence-corrected chi connectivity index (χ3v) is 6.13. The van der Waals surface area contributed by atoms with Gasteiger partial charge in [0.15, 0.2) is 10.9 Å². The van der Waals surface area contributed by atoms with E-state index in [1.165, 1.54) is 30.6 Å². The highest BCUT2D eigenvalue weighted by molar-refractivity contribution is 7.80. The average molecular weight is 542 g/mol. The highest BCUT2D eigenvalue weighted by Crippen LogP contribution is 2.41. The molecule has 3 aromatic rings. The monoisotopic (exact) mass is 541 g/mol. The molecule has 0 saturated heterocycles. The van der Waals surface area contributed by atoms with Crippen molar-refractivity contribution in [3.63, 3.8) is 0 Å². The zero-order valence-electron chi connectivity index (χ0n) is 20.6. The molecule has 0 radical (unpaired) electrons. The maximum Gasteiger partial charge on any atom is 0.573 e. The van der Waals surface area contributed by atoms with Crippen LogP contribution in [-0.2, 0) is 0 Å². The molecule has 2 unspecified atom stereocenters. The lowest BCUT2D eigenvalue weighted by atomic mass is 10.1. The maximum absolute atomic E-state index is 12.2. The van der Waals surface area contributed by atoms with Gasteiger partial charge in [-0.3, -0.25) is 5.41 Å². The fourth-order valence-corrected chi connectivity index (χ4v) is 4.10. The molecule has 4 N–H and O–H groups in total. The molecule has 0 aromatic heterocycles. The molecule has 7 nitrogen and oxygen atoms in total. The summed E-state index contributed by atoms with van der Waals surface area (Å²) in [7, 11) is 1.63. The van der Waals surface area contributed by atoms with Crippen LogP contribution in [0.3, 0.4) is 0 Å². The number of methoxy groups -OCH3 is 1. The lowest BCUT2D eigenvalue weighted by Gasteiger charge is -2.13. The molecule has 1 saturated carbocycles. The van der Waals surface area contributed by atoms with Crippen LogP contribution in [0.5, 0.6) is 11.5 Å². The Bertz CT molecular complexity index is 1330. The largest absolute Gasteiger partial charge is 0.573 e. The van der Waals surface area contributed by atoms with Gasteiger partial charge in [-0.1, -0.05) is 24.3 Å². The summed E-state index contributed by atoms with van der Waals surface area (Å²) in [6.45, 7) is 1.99. The minimum absolute atomic E-state index is 0.0480. The van der Waals surface area contributed by atoms with Crippen LogP contribution in [0.4, 0.5) is 24.5 Å². The number of ether oxygens (including phenoxy) is 2. The number of hydrogen-bond donors (Lipinski definition) is 4. The minimum Gasteiger partial charge on any atom is -0.497 e.